The van der Waals surface area contributed by atoms with Crippen LogP contribution in [0.25, 0.3) is 0 Å². The van der Waals surface area contributed by atoms with Crippen molar-refractivity contribution in [2.75, 3.05) is 39.8 Å². The van der Waals surface area contributed by atoms with Gasteiger partial charge in [0.25, 0.3) is 0 Å². The lowest BCUT2D eigenvalue weighted by molar-refractivity contribution is -0.138. The number of piperazine rings is 1. The van der Waals surface area contributed by atoms with E-state index in [2.05, 4.69) is 10.2 Å². The molecule has 1 aliphatic rings. The predicted molar refractivity (Wildman–Crippen MR) is 76.0 cm³/mol. The molecule has 1 heterocycles. The van der Waals surface area contributed by atoms with Gasteiger partial charge in [0.05, 0.1) is 17.7 Å². The van der Waals surface area contributed by atoms with E-state index in [9.17, 15) is 13.2 Å². The zero-order valence-corrected chi connectivity index (χ0v) is 12.5. The second-order valence-corrected chi connectivity index (χ2v) is 5.41. The molecule has 0 atom stereocenters. The van der Waals surface area contributed by atoms with Gasteiger partial charge in [-0.1, -0.05) is 11.6 Å². The van der Waals surface area contributed by atoms with Gasteiger partial charge in [-0.05, 0) is 24.1 Å². The smallest absolute Gasteiger partial charge is 0.420 e. The summed E-state index contributed by atoms with van der Waals surface area (Å²) in [7, 11) is 1.19. The Labute approximate surface area is 127 Å². The molecule has 1 saturated heterocycles. The van der Waals surface area contributed by atoms with Crippen molar-refractivity contribution >= 4 is 11.6 Å². The quantitative estimate of drug-likeness (QED) is 0.922. The summed E-state index contributed by atoms with van der Waals surface area (Å²) in [6, 6.07) is 2.69. The van der Waals surface area contributed by atoms with Crippen LogP contribution in [0.4, 0.5) is 13.2 Å². The zero-order chi connectivity index (χ0) is 15.5. The molecule has 1 fully saturated rings. The first kappa shape index (κ1) is 16.4. The second-order valence-electron chi connectivity index (χ2n) is 5.00. The van der Waals surface area contributed by atoms with Gasteiger partial charge in [0.15, 0.2) is 0 Å². The first-order valence-electron chi connectivity index (χ1n) is 6.78. The minimum atomic E-state index is -4.47. The largest absolute Gasteiger partial charge is 0.495 e. The van der Waals surface area contributed by atoms with Crippen molar-refractivity contribution in [3.05, 3.63) is 28.3 Å². The van der Waals surface area contributed by atoms with E-state index in [1.807, 2.05) is 0 Å². The van der Waals surface area contributed by atoms with Crippen molar-refractivity contribution in [1.29, 1.82) is 0 Å². The lowest BCUT2D eigenvalue weighted by atomic mass is 10.1. The average Bonchev–Trinajstić information content (AvgIpc) is 2.44. The Morgan fingerprint density at radius 1 is 1.29 bits per heavy atom. The third kappa shape index (κ3) is 4.25. The Morgan fingerprint density at radius 3 is 2.52 bits per heavy atom. The van der Waals surface area contributed by atoms with Gasteiger partial charge in [-0.15, -0.1) is 0 Å². The first-order valence-corrected chi connectivity index (χ1v) is 7.16. The number of hydrogen-bond acceptors (Lipinski definition) is 3. The molecular formula is C14H18ClF3N2O. The van der Waals surface area contributed by atoms with Crippen LogP contribution in [-0.2, 0) is 12.6 Å². The van der Waals surface area contributed by atoms with E-state index in [0.29, 0.717) is 12.0 Å². The third-order valence-corrected chi connectivity index (χ3v) is 3.82. The van der Waals surface area contributed by atoms with Crippen LogP contribution in [0.2, 0.25) is 5.02 Å². The van der Waals surface area contributed by atoms with E-state index >= 15 is 0 Å². The molecule has 1 aromatic rings. The SMILES string of the molecule is COc1c(Cl)cc(CCN2CCNCC2)cc1C(F)(F)F. The van der Waals surface area contributed by atoms with Crippen LogP contribution >= 0.6 is 11.6 Å². The van der Waals surface area contributed by atoms with E-state index in [1.165, 1.54) is 7.11 Å². The number of rotatable bonds is 4. The van der Waals surface area contributed by atoms with Crippen molar-refractivity contribution in [2.24, 2.45) is 0 Å². The molecule has 0 saturated carbocycles. The van der Waals surface area contributed by atoms with Crippen molar-refractivity contribution < 1.29 is 17.9 Å². The molecule has 1 aromatic carbocycles. The number of benzene rings is 1. The van der Waals surface area contributed by atoms with E-state index in [0.717, 1.165) is 38.8 Å². The molecule has 0 aliphatic carbocycles. The highest BCUT2D eigenvalue weighted by Gasteiger charge is 2.35. The fourth-order valence-electron chi connectivity index (χ4n) is 2.43. The summed E-state index contributed by atoms with van der Waals surface area (Å²) >= 11 is 5.91. The number of nitrogens with one attached hydrogen (secondary N) is 1. The van der Waals surface area contributed by atoms with Crippen LogP contribution in [0, 0.1) is 0 Å². The molecule has 0 amide bonds. The van der Waals surface area contributed by atoms with Crippen LogP contribution in [0.3, 0.4) is 0 Å². The summed E-state index contributed by atoms with van der Waals surface area (Å²) in [5.41, 5.74) is -0.237. The van der Waals surface area contributed by atoms with E-state index in [1.54, 1.807) is 6.07 Å². The summed E-state index contributed by atoms with van der Waals surface area (Å²) in [6.45, 7) is 4.38. The number of alkyl halides is 3. The molecule has 0 bridgehead atoms. The maximum atomic E-state index is 13.0. The lowest BCUT2D eigenvalue weighted by Gasteiger charge is -2.27. The van der Waals surface area contributed by atoms with Crippen molar-refractivity contribution in [3.63, 3.8) is 0 Å². The standard InChI is InChI=1S/C14H18ClF3N2O/c1-21-13-11(14(16,17)18)8-10(9-12(13)15)2-5-20-6-3-19-4-7-20/h8-9,19H,2-7H2,1H3. The lowest BCUT2D eigenvalue weighted by Crippen LogP contribution is -2.44. The number of nitrogens with zero attached hydrogens (tertiary/aromatic N) is 1. The van der Waals surface area contributed by atoms with Crippen molar-refractivity contribution in [3.8, 4) is 5.75 Å². The number of methoxy groups -OCH3 is 1. The van der Waals surface area contributed by atoms with Crippen molar-refractivity contribution in [1.82, 2.24) is 10.2 Å². The highest BCUT2D eigenvalue weighted by Crippen LogP contribution is 2.41. The van der Waals surface area contributed by atoms with Gasteiger partial charge in [0, 0.05) is 32.7 Å². The normalized spacial score (nSPS) is 17.0. The molecular weight excluding hydrogens is 305 g/mol. The fourth-order valence-corrected chi connectivity index (χ4v) is 2.75. The molecule has 0 unspecified atom stereocenters. The topological polar surface area (TPSA) is 24.5 Å². The van der Waals surface area contributed by atoms with Gasteiger partial charge in [-0.2, -0.15) is 13.2 Å². The molecule has 0 aromatic heterocycles. The number of halogens is 4. The molecule has 21 heavy (non-hydrogen) atoms. The van der Waals surface area contributed by atoms with E-state index in [-0.39, 0.29) is 10.8 Å². The summed E-state index contributed by atoms with van der Waals surface area (Å²) in [5, 5.41) is 3.24. The Morgan fingerprint density at radius 2 is 1.95 bits per heavy atom. The van der Waals surface area contributed by atoms with Gasteiger partial charge in [-0.25, -0.2) is 0 Å². The minimum Gasteiger partial charge on any atom is -0.495 e. The van der Waals surface area contributed by atoms with Gasteiger partial charge in [-0.3, -0.25) is 0 Å². The minimum absolute atomic E-state index is 0.00244. The molecule has 0 spiro atoms. The summed E-state index contributed by atoms with van der Waals surface area (Å²) in [4.78, 5) is 2.22. The van der Waals surface area contributed by atoms with Gasteiger partial charge >= 0.3 is 6.18 Å². The Hall–Kier alpha value is -0.980. The monoisotopic (exact) mass is 322 g/mol. The predicted octanol–water partition coefficient (Wildman–Crippen LogP) is 2.82. The third-order valence-electron chi connectivity index (χ3n) is 3.54. The Bertz CT molecular complexity index is 488. The van der Waals surface area contributed by atoms with Gasteiger partial charge in [0.2, 0.25) is 0 Å². The zero-order valence-electron chi connectivity index (χ0n) is 11.8. The van der Waals surface area contributed by atoms with E-state index < -0.39 is 11.7 Å². The molecule has 3 nitrogen and oxygen atoms in total. The van der Waals surface area contributed by atoms with E-state index in [4.69, 9.17) is 16.3 Å². The summed E-state index contributed by atoms with van der Waals surface area (Å²) in [5.74, 6) is -0.310. The molecule has 2 rings (SSSR count). The Kier molecular flexibility index (Phi) is 5.35. The van der Waals surface area contributed by atoms with Crippen LogP contribution in [0.5, 0.6) is 5.75 Å². The first-order chi connectivity index (χ1) is 9.91. The summed E-state index contributed by atoms with van der Waals surface area (Å²) < 4.78 is 43.9. The number of ether oxygens (including phenoxy) is 1. The molecule has 1 N–H and O–H groups in total. The van der Waals surface area contributed by atoms with Crippen LogP contribution in [0.15, 0.2) is 12.1 Å². The fraction of sp³-hybridized carbons (Fsp3) is 0.571. The molecule has 118 valence electrons. The Balaban J connectivity index is 2.14. The molecule has 0 radical (unpaired) electrons. The molecule has 1 aliphatic heterocycles. The average molecular weight is 323 g/mol. The van der Waals surface area contributed by atoms with Crippen LogP contribution < -0.4 is 10.1 Å². The molecule has 7 heteroatoms. The van der Waals surface area contributed by atoms with Gasteiger partial charge < -0.3 is 15.0 Å². The van der Waals surface area contributed by atoms with Gasteiger partial charge in [0.1, 0.15) is 5.75 Å². The van der Waals surface area contributed by atoms with Crippen molar-refractivity contribution in [2.45, 2.75) is 12.6 Å². The van der Waals surface area contributed by atoms with Crippen LogP contribution in [-0.4, -0.2) is 44.7 Å². The second kappa shape index (κ2) is 6.85. The highest BCUT2D eigenvalue weighted by molar-refractivity contribution is 6.32. The number of hydrogen-bond donors (Lipinski definition) is 1. The highest BCUT2D eigenvalue weighted by atomic mass is 35.5. The maximum Gasteiger partial charge on any atom is 0.420 e. The van der Waals surface area contributed by atoms with Crippen LogP contribution in [0.1, 0.15) is 11.1 Å². The maximum absolute atomic E-state index is 13.0. The summed E-state index contributed by atoms with van der Waals surface area (Å²) in [6.07, 6.45) is -3.94.